The van der Waals surface area contributed by atoms with Gasteiger partial charge < -0.3 is 45.5 Å². The van der Waals surface area contributed by atoms with E-state index in [4.69, 9.17) is 15.2 Å². The number of rotatable bonds is 16. The van der Waals surface area contributed by atoms with Gasteiger partial charge >= 0.3 is 0 Å². The van der Waals surface area contributed by atoms with Crippen LogP contribution in [0.5, 0.6) is 11.5 Å². The van der Waals surface area contributed by atoms with Crippen LogP contribution in [-0.4, -0.2) is 105 Å². The highest BCUT2D eigenvalue weighted by Gasteiger charge is 2.22. The number of likely N-dealkylation sites (N-methyl/N-ethyl adjacent to an activating group) is 1. The number of carbonyl (C=O) groups excluding carboxylic acids is 3. The summed E-state index contributed by atoms with van der Waals surface area (Å²) in [6.45, 7) is 7.13. The highest BCUT2D eigenvalue weighted by Crippen LogP contribution is 2.32. The van der Waals surface area contributed by atoms with Gasteiger partial charge in [0.25, 0.3) is 11.8 Å². The van der Waals surface area contributed by atoms with Crippen molar-refractivity contribution in [1.29, 1.82) is 0 Å². The number of hydrogen-bond acceptors (Lipinski definition) is 9. The van der Waals surface area contributed by atoms with Crippen LogP contribution in [0.3, 0.4) is 0 Å². The molecule has 4 aromatic rings. The topological polar surface area (TPSA) is 158 Å². The molecule has 2 heterocycles. The molecule has 1 aliphatic heterocycles. The van der Waals surface area contributed by atoms with Crippen molar-refractivity contribution in [2.24, 2.45) is 5.73 Å². The number of aromatic nitrogens is 2. The number of H-pyrrole nitrogens is 1. The third kappa shape index (κ3) is 9.56. The Morgan fingerprint density at radius 1 is 0.980 bits per heavy atom. The zero-order valence-corrected chi connectivity index (χ0v) is 30.1. The van der Waals surface area contributed by atoms with Gasteiger partial charge in [0.1, 0.15) is 17.0 Å². The summed E-state index contributed by atoms with van der Waals surface area (Å²) in [5, 5.41) is 6.14. The number of ether oxygens (including phenoxy) is 2. The van der Waals surface area contributed by atoms with Crippen LogP contribution in [0.1, 0.15) is 58.4 Å². The van der Waals surface area contributed by atoms with Gasteiger partial charge in [-0.05, 0) is 94.2 Å². The van der Waals surface area contributed by atoms with Crippen LogP contribution in [0.25, 0.3) is 11.0 Å². The number of nitrogens with one attached hydrogen (secondary N) is 3. The minimum atomic E-state index is -0.398. The summed E-state index contributed by atoms with van der Waals surface area (Å²) >= 11 is 0. The highest BCUT2D eigenvalue weighted by atomic mass is 16.5. The monoisotopic (exact) mass is 698 g/mol. The van der Waals surface area contributed by atoms with Gasteiger partial charge in [-0.2, -0.15) is 0 Å². The van der Waals surface area contributed by atoms with Crippen LogP contribution in [0, 0.1) is 6.92 Å². The molecule has 1 saturated heterocycles. The molecule has 272 valence electrons. The molecular formula is C38H50N8O5. The van der Waals surface area contributed by atoms with Crippen molar-refractivity contribution < 1.29 is 23.9 Å². The highest BCUT2D eigenvalue weighted by molar-refractivity contribution is 6.11. The Balaban J connectivity index is 1.19. The van der Waals surface area contributed by atoms with Crippen LogP contribution in [0.4, 0.5) is 17.3 Å². The van der Waals surface area contributed by atoms with Gasteiger partial charge in [-0.25, -0.2) is 4.98 Å². The minimum Gasteiger partial charge on any atom is -0.496 e. The number of anilines is 3. The van der Waals surface area contributed by atoms with E-state index < -0.39 is 5.91 Å². The first kappa shape index (κ1) is 37.1. The van der Waals surface area contributed by atoms with E-state index in [9.17, 15) is 14.4 Å². The molecular weight excluding hydrogens is 648 g/mol. The fourth-order valence-electron chi connectivity index (χ4n) is 6.00. The summed E-state index contributed by atoms with van der Waals surface area (Å²) in [6, 6.07) is 16.0. The van der Waals surface area contributed by atoms with Crippen LogP contribution in [-0.2, 0) is 4.79 Å². The first-order valence-corrected chi connectivity index (χ1v) is 17.6. The lowest BCUT2D eigenvalue weighted by molar-refractivity contribution is -0.132. The maximum atomic E-state index is 13.7. The Hall–Kier alpha value is -5.14. The molecule has 5 rings (SSSR count). The van der Waals surface area contributed by atoms with E-state index in [1.165, 1.54) is 12.0 Å². The Bertz CT molecular complexity index is 1820. The molecule has 0 bridgehead atoms. The molecule has 0 spiro atoms. The summed E-state index contributed by atoms with van der Waals surface area (Å²) in [5.41, 5.74) is 9.77. The number of aromatic amines is 1. The van der Waals surface area contributed by atoms with Gasteiger partial charge in [0.05, 0.1) is 36.2 Å². The Morgan fingerprint density at radius 2 is 1.78 bits per heavy atom. The van der Waals surface area contributed by atoms with E-state index in [1.807, 2.05) is 42.2 Å². The molecule has 3 amide bonds. The third-order valence-electron chi connectivity index (χ3n) is 9.06. The van der Waals surface area contributed by atoms with E-state index in [1.54, 1.807) is 31.3 Å². The zero-order valence-electron chi connectivity index (χ0n) is 30.1. The Morgan fingerprint density at radius 3 is 2.55 bits per heavy atom. The molecule has 0 unspecified atom stereocenters. The summed E-state index contributed by atoms with van der Waals surface area (Å²) in [6.07, 6.45) is 3.84. The number of para-hydroxylation sites is 1. The second-order valence-electron chi connectivity index (χ2n) is 12.9. The van der Waals surface area contributed by atoms with E-state index in [0.29, 0.717) is 60.3 Å². The Labute approximate surface area is 299 Å². The van der Waals surface area contributed by atoms with Crippen molar-refractivity contribution >= 4 is 46.1 Å². The van der Waals surface area contributed by atoms with Crippen LogP contribution < -0.4 is 30.7 Å². The predicted octanol–water partition coefficient (Wildman–Crippen LogP) is 4.88. The summed E-state index contributed by atoms with van der Waals surface area (Å²) in [7, 11) is 5.24. The number of nitrogens with two attached hydrogens (primary N) is 1. The maximum absolute atomic E-state index is 13.7. The lowest BCUT2D eigenvalue weighted by Crippen LogP contribution is -2.47. The molecule has 3 aromatic carbocycles. The normalized spacial score (nSPS) is 13.2. The van der Waals surface area contributed by atoms with E-state index in [0.717, 1.165) is 62.9 Å². The number of imidazole rings is 1. The average Bonchev–Trinajstić information content (AvgIpc) is 3.56. The number of piperazine rings is 1. The van der Waals surface area contributed by atoms with Gasteiger partial charge in [0.2, 0.25) is 11.9 Å². The predicted molar refractivity (Wildman–Crippen MR) is 201 cm³/mol. The van der Waals surface area contributed by atoms with Crippen molar-refractivity contribution in [3.63, 3.8) is 0 Å². The van der Waals surface area contributed by atoms with Crippen LogP contribution >= 0.6 is 0 Å². The zero-order chi connectivity index (χ0) is 36.3. The van der Waals surface area contributed by atoms with Crippen molar-refractivity contribution in [3.05, 3.63) is 71.3 Å². The van der Waals surface area contributed by atoms with E-state index >= 15 is 0 Å². The maximum Gasteiger partial charge on any atom is 0.259 e. The number of aryl methyl sites for hydroxylation is 1. The number of fused-ring (bicyclic) bond motifs is 1. The van der Waals surface area contributed by atoms with Crippen LogP contribution in [0.15, 0.2) is 54.6 Å². The SMILES string of the molecule is COc1cc(C(=O)N(C)c2ccc(C)cc2OCCCCCC(=O)N2CCN(C)CC2)ccc1C(=O)Nc1cccc2[nH]c(NCCCN)nc12. The van der Waals surface area contributed by atoms with Crippen molar-refractivity contribution in [2.45, 2.75) is 39.0 Å². The number of methoxy groups -OCH3 is 1. The van der Waals surface area contributed by atoms with Gasteiger partial charge in [0, 0.05) is 51.8 Å². The average molecular weight is 699 g/mol. The van der Waals surface area contributed by atoms with Gasteiger partial charge in [-0.1, -0.05) is 12.1 Å². The fraction of sp³-hybridized carbons (Fsp3) is 0.421. The molecule has 13 heteroatoms. The van der Waals surface area contributed by atoms with E-state index in [2.05, 4.69) is 32.5 Å². The quantitative estimate of drug-likeness (QED) is 0.120. The summed E-state index contributed by atoms with van der Waals surface area (Å²) < 4.78 is 11.8. The lowest BCUT2D eigenvalue weighted by atomic mass is 10.1. The molecule has 51 heavy (non-hydrogen) atoms. The van der Waals surface area contributed by atoms with Gasteiger partial charge in [-0.3, -0.25) is 14.4 Å². The summed E-state index contributed by atoms with van der Waals surface area (Å²) in [4.78, 5) is 53.3. The molecule has 5 N–H and O–H groups in total. The number of benzene rings is 3. The molecule has 0 saturated carbocycles. The molecule has 1 aromatic heterocycles. The largest absolute Gasteiger partial charge is 0.496 e. The smallest absolute Gasteiger partial charge is 0.259 e. The van der Waals surface area contributed by atoms with E-state index in [-0.39, 0.29) is 23.1 Å². The minimum absolute atomic E-state index is 0.225. The number of amides is 3. The fourth-order valence-corrected chi connectivity index (χ4v) is 6.00. The molecule has 0 radical (unpaired) electrons. The second-order valence-corrected chi connectivity index (χ2v) is 12.9. The van der Waals surface area contributed by atoms with Crippen molar-refractivity contribution in [3.8, 4) is 11.5 Å². The van der Waals surface area contributed by atoms with Crippen LogP contribution in [0.2, 0.25) is 0 Å². The standard InChI is InChI=1S/C38H50N8O5/c1-26-13-16-31(33(24-26)51-23-7-5-6-12-34(47)46-21-19-44(2)20-22-46)45(3)37(49)27-14-15-28(32(25-27)50-4)36(48)41-29-10-8-11-30-35(29)43-38(42-30)40-18-9-17-39/h8,10-11,13-16,24-25H,5-7,9,12,17-23,39H2,1-4H3,(H,41,48)(H2,40,42,43). The summed E-state index contributed by atoms with van der Waals surface area (Å²) in [5.74, 6) is 1.00. The van der Waals surface area contributed by atoms with Crippen molar-refractivity contribution in [2.75, 3.05) is 82.6 Å². The molecule has 0 atom stereocenters. The molecule has 0 aliphatic carbocycles. The van der Waals surface area contributed by atoms with Gasteiger partial charge in [0.15, 0.2) is 0 Å². The second kappa shape index (κ2) is 17.7. The lowest BCUT2D eigenvalue weighted by Gasteiger charge is -2.32. The molecule has 1 fully saturated rings. The number of hydrogen-bond donors (Lipinski definition) is 4. The molecule has 13 nitrogen and oxygen atoms in total. The number of nitrogens with zero attached hydrogens (tertiary/aromatic N) is 4. The molecule has 1 aliphatic rings. The first-order chi connectivity index (χ1) is 24.7. The third-order valence-corrected chi connectivity index (χ3v) is 9.06. The van der Waals surface area contributed by atoms with Crippen molar-refractivity contribution in [1.82, 2.24) is 19.8 Å². The number of carbonyl (C=O) groups is 3. The first-order valence-electron chi connectivity index (χ1n) is 17.6. The Kier molecular flexibility index (Phi) is 12.9. The van der Waals surface area contributed by atoms with Gasteiger partial charge in [-0.15, -0.1) is 0 Å². The number of unbranched alkanes of at least 4 members (excludes halogenated alkanes) is 2.